The second-order valence-corrected chi connectivity index (χ2v) is 5.37. The van der Waals surface area contributed by atoms with Crippen molar-refractivity contribution in [3.05, 3.63) is 73.4 Å². The van der Waals surface area contributed by atoms with Crippen LogP contribution in [0.3, 0.4) is 0 Å². The van der Waals surface area contributed by atoms with Crippen LogP contribution in [0.5, 0.6) is 0 Å². The SMILES string of the molecule is C=C/C=C\C(=C)C(=C)/C=C\C(=C)CC(C)(C)C. The summed E-state index contributed by atoms with van der Waals surface area (Å²) in [5.74, 6) is 0. The molecule has 0 heteroatoms. The Morgan fingerprint density at radius 2 is 1.47 bits per heavy atom. The molecule has 0 aromatic heterocycles. The summed E-state index contributed by atoms with van der Waals surface area (Å²) in [5, 5.41) is 0. The van der Waals surface area contributed by atoms with Gasteiger partial charge in [-0.1, -0.05) is 83.0 Å². The van der Waals surface area contributed by atoms with Crippen LogP contribution in [0.2, 0.25) is 0 Å². The van der Waals surface area contributed by atoms with Gasteiger partial charge in [-0.15, -0.1) is 0 Å². The van der Waals surface area contributed by atoms with Gasteiger partial charge in [0.05, 0.1) is 0 Å². The van der Waals surface area contributed by atoms with Crippen LogP contribution in [0.1, 0.15) is 27.2 Å². The van der Waals surface area contributed by atoms with Gasteiger partial charge in [0.15, 0.2) is 0 Å². The molecule has 0 spiro atoms. The number of hydrogen-bond donors (Lipinski definition) is 0. The molecule has 0 aromatic carbocycles. The highest BCUT2D eigenvalue weighted by Gasteiger charge is 2.10. The minimum Gasteiger partial charge on any atom is -0.0991 e. The van der Waals surface area contributed by atoms with Crippen LogP contribution < -0.4 is 0 Å². The Balaban J connectivity index is 4.39. The van der Waals surface area contributed by atoms with Crippen LogP contribution in [-0.2, 0) is 0 Å². The fourth-order valence-electron chi connectivity index (χ4n) is 1.36. The van der Waals surface area contributed by atoms with Gasteiger partial charge in [0.25, 0.3) is 0 Å². The van der Waals surface area contributed by atoms with Crippen molar-refractivity contribution in [3.63, 3.8) is 0 Å². The highest BCUT2D eigenvalue weighted by Crippen LogP contribution is 2.24. The van der Waals surface area contributed by atoms with Crippen LogP contribution in [0.4, 0.5) is 0 Å². The lowest BCUT2D eigenvalue weighted by atomic mass is 9.88. The predicted molar refractivity (Wildman–Crippen MR) is 80.0 cm³/mol. The van der Waals surface area contributed by atoms with E-state index in [-0.39, 0.29) is 5.41 Å². The summed E-state index contributed by atoms with van der Waals surface area (Å²) in [6.45, 7) is 22.2. The number of hydrogen-bond acceptors (Lipinski definition) is 0. The number of allylic oxidation sites excluding steroid dienone is 8. The molecule has 0 nitrogen and oxygen atoms in total. The van der Waals surface area contributed by atoms with E-state index in [1.165, 1.54) is 0 Å². The van der Waals surface area contributed by atoms with E-state index in [2.05, 4.69) is 47.1 Å². The first kappa shape index (κ1) is 15.4. The van der Waals surface area contributed by atoms with E-state index in [0.717, 1.165) is 23.1 Å². The molecular formula is C17H24. The average molecular weight is 228 g/mol. The molecule has 0 heterocycles. The molecule has 0 N–H and O–H groups in total. The summed E-state index contributed by atoms with van der Waals surface area (Å²) in [6, 6.07) is 0. The quantitative estimate of drug-likeness (QED) is 0.535. The van der Waals surface area contributed by atoms with E-state index in [0.29, 0.717) is 0 Å². The Morgan fingerprint density at radius 3 is 1.94 bits per heavy atom. The van der Waals surface area contributed by atoms with Gasteiger partial charge in [0, 0.05) is 0 Å². The van der Waals surface area contributed by atoms with Crippen LogP contribution in [0, 0.1) is 5.41 Å². The molecule has 0 unspecified atom stereocenters. The van der Waals surface area contributed by atoms with Crippen molar-refractivity contribution in [3.8, 4) is 0 Å². The minimum atomic E-state index is 0.266. The van der Waals surface area contributed by atoms with E-state index in [1.54, 1.807) is 6.08 Å². The summed E-state index contributed by atoms with van der Waals surface area (Å²) in [4.78, 5) is 0. The largest absolute Gasteiger partial charge is 0.0991 e. The van der Waals surface area contributed by atoms with E-state index in [9.17, 15) is 0 Å². The first-order valence-corrected chi connectivity index (χ1v) is 5.79. The molecule has 0 aliphatic carbocycles. The third-order valence-electron chi connectivity index (χ3n) is 2.12. The molecule has 0 rings (SSSR count). The Hall–Kier alpha value is -1.56. The summed E-state index contributed by atoms with van der Waals surface area (Å²) < 4.78 is 0. The molecule has 0 fully saturated rings. The topological polar surface area (TPSA) is 0 Å². The van der Waals surface area contributed by atoms with Crippen molar-refractivity contribution in [2.24, 2.45) is 5.41 Å². The van der Waals surface area contributed by atoms with Crippen LogP contribution in [0.15, 0.2) is 73.4 Å². The zero-order valence-electron chi connectivity index (χ0n) is 11.4. The number of rotatable bonds is 6. The van der Waals surface area contributed by atoms with Crippen molar-refractivity contribution in [2.45, 2.75) is 27.2 Å². The summed E-state index contributed by atoms with van der Waals surface area (Å²) >= 11 is 0. The van der Waals surface area contributed by atoms with Crippen molar-refractivity contribution < 1.29 is 0 Å². The summed E-state index contributed by atoms with van der Waals surface area (Å²) in [7, 11) is 0. The molecule has 0 aromatic rings. The molecule has 17 heavy (non-hydrogen) atoms. The van der Waals surface area contributed by atoms with Gasteiger partial charge < -0.3 is 0 Å². The Kier molecular flexibility index (Phi) is 6.27. The lowest BCUT2D eigenvalue weighted by Gasteiger charge is -2.17. The van der Waals surface area contributed by atoms with Gasteiger partial charge in [-0.25, -0.2) is 0 Å². The maximum Gasteiger partial charge on any atom is -0.0236 e. The summed E-state index contributed by atoms with van der Waals surface area (Å²) in [5.41, 5.74) is 3.17. The van der Waals surface area contributed by atoms with E-state index in [1.807, 2.05) is 24.3 Å². The molecule has 0 amide bonds. The third-order valence-corrected chi connectivity index (χ3v) is 2.12. The van der Waals surface area contributed by atoms with Crippen molar-refractivity contribution in [1.29, 1.82) is 0 Å². The van der Waals surface area contributed by atoms with E-state index in [4.69, 9.17) is 0 Å². The molecule has 0 radical (unpaired) electrons. The molecule has 92 valence electrons. The lowest BCUT2D eigenvalue weighted by molar-refractivity contribution is 0.414. The van der Waals surface area contributed by atoms with Crippen molar-refractivity contribution in [1.82, 2.24) is 0 Å². The Labute approximate surface area is 106 Å². The summed E-state index contributed by atoms with van der Waals surface area (Å²) in [6.07, 6.45) is 10.4. The monoisotopic (exact) mass is 228 g/mol. The normalized spacial score (nSPS) is 11.9. The molecule has 0 aliphatic heterocycles. The van der Waals surface area contributed by atoms with Crippen LogP contribution in [0.25, 0.3) is 0 Å². The fourth-order valence-corrected chi connectivity index (χ4v) is 1.36. The van der Waals surface area contributed by atoms with Crippen molar-refractivity contribution >= 4 is 0 Å². The van der Waals surface area contributed by atoms with Gasteiger partial charge in [0.2, 0.25) is 0 Å². The Bertz CT molecular complexity index is 367. The van der Waals surface area contributed by atoms with Crippen LogP contribution >= 0.6 is 0 Å². The maximum absolute atomic E-state index is 4.04. The first-order valence-electron chi connectivity index (χ1n) is 5.79. The molecule has 0 saturated heterocycles. The zero-order valence-corrected chi connectivity index (χ0v) is 11.4. The van der Waals surface area contributed by atoms with Gasteiger partial charge in [0.1, 0.15) is 0 Å². The molecule has 0 atom stereocenters. The van der Waals surface area contributed by atoms with Gasteiger partial charge in [-0.2, -0.15) is 0 Å². The standard InChI is InChI=1S/C17H24/c1-8-9-10-15(3)16(4)12-11-14(2)13-17(5,6)7/h8-12H,1-4,13H2,5-7H3/b10-9-,12-11-. The Morgan fingerprint density at radius 1 is 0.941 bits per heavy atom. The second kappa shape index (κ2) is 6.90. The van der Waals surface area contributed by atoms with Gasteiger partial charge >= 0.3 is 0 Å². The predicted octanol–water partition coefficient (Wildman–Crippen LogP) is 5.39. The molecule has 0 aliphatic rings. The molecular weight excluding hydrogens is 204 g/mol. The highest BCUT2D eigenvalue weighted by atomic mass is 14.1. The average Bonchev–Trinajstić information content (AvgIpc) is 2.20. The van der Waals surface area contributed by atoms with Crippen molar-refractivity contribution in [2.75, 3.05) is 0 Å². The lowest BCUT2D eigenvalue weighted by Crippen LogP contribution is -2.04. The molecule has 0 saturated carbocycles. The van der Waals surface area contributed by atoms with E-state index >= 15 is 0 Å². The van der Waals surface area contributed by atoms with Crippen LogP contribution in [-0.4, -0.2) is 0 Å². The third kappa shape index (κ3) is 8.27. The van der Waals surface area contributed by atoms with E-state index < -0.39 is 0 Å². The smallest absolute Gasteiger partial charge is 0.0236 e. The van der Waals surface area contributed by atoms with Gasteiger partial charge in [-0.05, 0) is 23.0 Å². The fraction of sp³-hybridized carbons (Fsp3) is 0.294. The second-order valence-electron chi connectivity index (χ2n) is 5.37. The zero-order chi connectivity index (χ0) is 13.5. The first-order chi connectivity index (χ1) is 7.76. The highest BCUT2D eigenvalue weighted by molar-refractivity contribution is 5.44. The molecule has 0 bridgehead atoms. The minimum absolute atomic E-state index is 0.266. The van der Waals surface area contributed by atoms with Gasteiger partial charge in [-0.3, -0.25) is 0 Å². The maximum atomic E-state index is 4.04.